The molecule has 0 bridgehead atoms. The van der Waals surface area contributed by atoms with Gasteiger partial charge in [-0.25, -0.2) is 0 Å². The number of carbonyl (C=O) groups is 1. The van der Waals surface area contributed by atoms with Crippen molar-refractivity contribution >= 4 is 5.97 Å². The molecule has 0 aromatic carbocycles. The van der Waals surface area contributed by atoms with Crippen LogP contribution in [0, 0.1) is 11.3 Å². The van der Waals surface area contributed by atoms with Gasteiger partial charge in [0, 0.05) is 0 Å². The third-order valence-corrected chi connectivity index (χ3v) is 2.52. The van der Waals surface area contributed by atoms with Crippen molar-refractivity contribution in [3.05, 3.63) is 12.7 Å². The van der Waals surface area contributed by atoms with Crippen LogP contribution in [-0.4, -0.2) is 12.6 Å². The average molecular weight is 184 g/mol. The first-order chi connectivity index (χ1) is 5.92. The van der Waals surface area contributed by atoms with Crippen LogP contribution >= 0.6 is 0 Å². The fraction of sp³-hybridized carbons (Fsp3) is 0.727. The zero-order valence-corrected chi connectivity index (χ0v) is 9.09. The zero-order valence-electron chi connectivity index (χ0n) is 9.09. The number of rotatable bonds is 5. The van der Waals surface area contributed by atoms with E-state index in [1.54, 1.807) is 6.08 Å². The van der Waals surface area contributed by atoms with Crippen LogP contribution in [0.25, 0.3) is 0 Å². The molecule has 0 aliphatic heterocycles. The van der Waals surface area contributed by atoms with Crippen molar-refractivity contribution in [3.63, 3.8) is 0 Å². The number of esters is 1. The molecule has 0 heterocycles. The van der Waals surface area contributed by atoms with Gasteiger partial charge in [-0.15, -0.1) is 6.58 Å². The number of carbonyl (C=O) groups excluding carboxylic acids is 1. The third-order valence-electron chi connectivity index (χ3n) is 2.52. The van der Waals surface area contributed by atoms with E-state index in [2.05, 4.69) is 6.58 Å². The van der Waals surface area contributed by atoms with Crippen molar-refractivity contribution in [1.29, 1.82) is 0 Å². The van der Waals surface area contributed by atoms with Crippen molar-refractivity contribution in [3.8, 4) is 0 Å². The summed E-state index contributed by atoms with van der Waals surface area (Å²) in [5.74, 6) is 0.174. The van der Waals surface area contributed by atoms with Crippen LogP contribution in [0.4, 0.5) is 0 Å². The minimum Gasteiger partial charge on any atom is -0.465 e. The third kappa shape index (κ3) is 3.62. The van der Waals surface area contributed by atoms with Gasteiger partial charge in [0.05, 0.1) is 12.0 Å². The molecule has 0 aliphatic carbocycles. The summed E-state index contributed by atoms with van der Waals surface area (Å²) in [4.78, 5) is 11.5. The Hall–Kier alpha value is -0.790. The van der Waals surface area contributed by atoms with Crippen molar-refractivity contribution < 1.29 is 9.53 Å². The molecule has 0 saturated carbocycles. The number of hydrogen-bond acceptors (Lipinski definition) is 2. The molecule has 0 unspecified atom stereocenters. The molecule has 0 aromatic rings. The van der Waals surface area contributed by atoms with Gasteiger partial charge in [-0.1, -0.05) is 19.9 Å². The summed E-state index contributed by atoms with van der Waals surface area (Å²) in [6.45, 7) is 11.9. The van der Waals surface area contributed by atoms with E-state index in [1.165, 1.54) is 0 Å². The molecule has 2 nitrogen and oxygen atoms in total. The fourth-order valence-electron chi connectivity index (χ4n) is 0.657. The molecule has 2 heteroatoms. The molecule has 0 spiro atoms. The quantitative estimate of drug-likeness (QED) is 0.373. The topological polar surface area (TPSA) is 26.3 Å². The van der Waals surface area contributed by atoms with Crippen LogP contribution in [0.1, 0.15) is 34.1 Å². The molecule has 0 amide bonds. The Morgan fingerprint density at radius 3 is 2.46 bits per heavy atom. The fourth-order valence-corrected chi connectivity index (χ4v) is 0.657. The molecule has 76 valence electrons. The summed E-state index contributed by atoms with van der Waals surface area (Å²) in [5.41, 5.74) is -0.388. The van der Waals surface area contributed by atoms with E-state index >= 15 is 0 Å². The first kappa shape index (κ1) is 12.2. The van der Waals surface area contributed by atoms with E-state index in [0.717, 1.165) is 6.42 Å². The maximum atomic E-state index is 11.5. The van der Waals surface area contributed by atoms with E-state index in [1.807, 2.05) is 27.7 Å². The molecular formula is C11H20O2. The van der Waals surface area contributed by atoms with Gasteiger partial charge in [0.1, 0.15) is 0 Å². The normalized spacial score (nSPS) is 11.5. The summed E-state index contributed by atoms with van der Waals surface area (Å²) in [6.07, 6.45) is 2.47. The van der Waals surface area contributed by atoms with Gasteiger partial charge in [0.2, 0.25) is 0 Å². The molecule has 0 N–H and O–H groups in total. The van der Waals surface area contributed by atoms with Crippen LogP contribution in [0.2, 0.25) is 0 Å². The van der Waals surface area contributed by atoms with Crippen molar-refractivity contribution in [2.45, 2.75) is 34.1 Å². The van der Waals surface area contributed by atoms with Gasteiger partial charge >= 0.3 is 5.97 Å². The van der Waals surface area contributed by atoms with Crippen LogP contribution < -0.4 is 0 Å². The molecule has 0 aromatic heterocycles. The van der Waals surface area contributed by atoms with Crippen LogP contribution in [0.3, 0.4) is 0 Å². The maximum absolute atomic E-state index is 11.5. The molecule has 13 heavy (non-hydrogen) atoms. The standard InChI is InChI=1S/C11H20O2/c1-6-7-8-13-10(12)11(4,5)9(2)3/h6,9H,1,7-8H2,2-5H3. The molecular weight excluding hydrogens is 164 g/mol. The Balaban J connectivity index is 4.02. The molecule has 0 rings (SSSR count). The van der Waals surface area contributed by atoms with Gasteiger partial charge in [0.25, 0.3) is 0 Å². The van der Waals surface area contributed by atoms with E-state index in [0.29, 0.717) is 12.5 Å². The lowest BCUT2D eigenvalue weighted by Crippen LogP contribution is -2.31. The van der Waals surface area contributed by atoms with Crippen molar-refractivity contribution in [1.82, 2.24) is 0 Å². The first-order valence-electron chi connectivity index (χ1n) is 4.71. The van der Waals surface area contributed by atoms with Crippen molar-refractivity contribution in [2.75, 3.05) is 6.61 Å². The predicted octanol–water partition coefficient (Wildman–Crippen LogP) is 2.79. The second-order valence-electron chi connectivity index (χ2n) is 4.09. The smallest absolute Gasteiger partial charge is 0.311 e. The molecule has 0 radical (unpaired) electrons. The highest BCUT2D eigenvalue weighted by Gasteiger charge is 2.32. The number of hydrogen-bond donors (Lipinski definition) is 0. The maximum Gasteiger partial charge on any atom is 0.311 e. The van der Waals surface area contributed by atoms with Crippen LogP contribution in [0.5, 0.6) is 0 Å². The number of ether oxygens (including phenoxy) is 1. The summed E-state index contributed by atoms with van der Waals surface area (Å²) < 4.78 is 5.10. The second-order valence-corrected chi connectivity index (χ2v) is 4.09. The predicted molar refractivity (Wildman–Crippen MR) is 54.4 cm³/mol. The first-order valence-corrected chi connectivity index (χ1v) is 4.71. The highest BCUT2D eigenvalue weighted by Crippen LogP contribution is 2.27. The SMILES string of the molecule is C=CCCOC(=O)C(C)(C)C(C)C. The summed E-state index contributed by atoms with van der Waals surface area (Å²) in [6, 6.07) is 0. The molecule has 0 atom stereocenters. The molecule has 0 saturated heterocycles. The molecule has 0 fully saturated rings. The average Bonchev–Trinajstić information content (AvgIpc) is 2.04. The van der Waals surface area contributed by atoms with E-state index in [4.69, 9.17) is 4.74 Å². The zero-order chi connectivity index (χ0) is 10.5. The van der Waals surface area contributed by atoms with E-state index < -0.39 is 0 Å². The highest BCUT2D eigenvalue weighted by molar-refractivity contribution is 5.76. The monoisotopic (exact) mass is 184 g/mol. The Morgan fingerprint density at radius 1 is 1.54 bits per heavy atom. The Kier molecular flexibility index (Phi) is 4.74. The molecule has 0 aliphatic rings. The minimum absolute atomic E-state index is 0.121. The lowest BCUT2D eigenvalue weighted by atomic mass is 9.81. The summed E-state index contributed by atoms with van der Waals surface area (Å²) in [5, 5.41) is 0. The van der Waals surface area contributed by atoms with E-state index in [-0.39, 0.29) is 11.4 Å². The van der Waals surface area contributed by atoms with Crippen LogP contribution in [0.15, 0.2) is 12.7 Å². The van der Waals surface area contributed by atoms with Gasteiger partial charge in [0.15, 0.2) is 0 Å². The van der Waals surface area contributed by atoms with Gasteiger partial charge in [-0.3, -0.25) is 4.79 Å². The Morgan fingerprint density at radius 2 is 2.08 bits per heavy atom. The summed E-state index contributed by atoms with van der Waals surface area (Å²) >= 11 is 0. The Bertz CT molecular complexity index is 181. The Labute approximate surface area is 81.0 Å². The minimum atomic E-state index is -0.388. The second kappa shape index (κ2) is 5.05. The van der Waals surface area contributed by atoms with E-state index in [9.17, 15) is 4.79 Å². The lowest BCUT2D eigenvalue weighted by molar-refractivity contribution is -0.156. The van der Waals surface area contributed by atoms with Gasteiger partial charge in [-0.2, -0.15) is 0 Å². The van der Waals surface area contributed by atoms with Gasteiger partial charge < -0.3 is 4.74 Å². The summed E-state index contributed by atoms with van der Waals surface area (Å²) in [7, 11) is 0. The van der Waals surface area contributed by atoms with Gasteiger partial charge in [-0.05, 0) is 26.2 Å². The largest absolute Gasteiger partial charge is 0.465 e. The highest BCUT2D eigenvalue weighted by atomic mass is 16.5. The van der Waals surface area contributed by atoms with Crippen LogP contribution in [-0.2, 0) is 9.53 Å². The van der Waals surface area contributed by atoms with Crippen molar-refractivity contribution in [2.24, 2.45) is 11.3 Å². The lowest BCUT2D eigenvalue weighted by Gasteiger charge is -2.26.